The van der Waals surface area contributed by atoms with E-state index in [9.17, 15) is 4.79 Å². The topological polar surface area (TPSA) is 39.7 Å². The van der Waals surface area contributed by atoms with Crippen LogP contribution in [0.5, 0.6) is 0 Å². The second-order valence-corrected chi connectivity index (χ2v) is 7.06. The quantitative estimate of drug-likeness (QED) is 0.853. The number of carbonyl (C=O) groups is 1. The van der Waals surface area contributed by atoms with Gasteiger partial charge in [-0.15, -0.1) is 0 Å². The summed E-state index contributed by atoms with van der Waals surface area (Å²) < 4.78 is 0. The van der Waals surface area contributed by atoms with Gasteiger partial charge >= 0.3 is 0 Å². The molecule has 26 heavy (non-hydrogen) atoms. The van der Waals surface area contributed by atoms with Gasteiger partial charge in [0.05, 0.1) is 0 Å². The van der Waals surface area contributed by atoms with Crippen LogP contribution in [0.3, 0.4) is 0 Å². The molecule has 0 aliphatic carbocycles. The van der Waals surface area contributed by atoms with Gasteiger partial charge in [0.2, 0.25) is 0 Å². The average molecular weight is 350 g/mol. The Morgan fingerprint density at radius 2 is 1.42 bits per heavy atom. The molecule has 1 amide bonds. The van der Waals surface area contributed by atoms with Crippen LogP contribution in [0.2, 0.25) is 0 Å². The summed E-state index contributed by atoms with van der Waals surface area (Å²) in [4.78, 5) is 23.8. The Morgan fingerprint density at radius 1 is 0.769 bits per heavy atom. The van der Waals surface area contributed by atoms with Crippen molar-refractivity contribution in [1.29, 1.82) is 0 Å². The number of benzene rings is 1. The SMILES string of the molecule is O=C(c1cc(N2CCN(c3ccccc3)CC2)ccn1)N1CCCCC1. The maximum Gasteiger partial charge on any atom is 0.272 e. The van der Waals surface area contributed by atoms with Gasteiger partial charge in [0.1, 0.15) is 5.69 Å². The average Bonchev–Trinajstić information content (AvgIpc) is 2.75. The van der Waals surface area contributed by atoms with E-state index < -0.39 is 0 Å². The summed E-state index contributed by atoms with van der Waals surface area (Å²) in [6, 6.07) is 14.5. The number of rotatable bonds is 3. The molecular weight excluding hydrogens is 324 g/mol. The number of para-hydroxylation sites is 1. The Morgan fingerprint density at radius 3 is 2.12 bits per heavy atom. The fraction of sp³-hybridized carbons (Fsp3) is 0.429. The van der Waals surface area contributed by atoms with E-state index in [2.05, 4.69) is 45.1 Å². The van der Waals surface area contributed by atoms with Gasteiger partial charge in [0.25, 0.3) is 5.91 Å². The zero-order valence-electron chi connectivity index (χ0n) is 15.2. The molecule has 2 fully saturated rings. The first-order chi connectivity index (χ1) is 12.8. The fourth-order valence-corrected chi connectivity index (χ4v) is 3.85. The van der Waals surface area contributed by atoms with E-state index in [0.717, 1.165) is 57.8 Å². The van der Waals surface area contributed by atoms with Crippen LogP contribution in [0, 0.1) is 0 Å². The molecule has 0 unspecified atom stereocenters. The highest BCUT2D eigenvalue weighted by molar-refractivity contribution is 5.93. The van der Waals surface area contributed by atoms with Crippen LogP contribution in [0.15, 0.2) is 48.7 Å². The normalized spacial score (nSPS) is 18.1. The summed E-state index contributed by atoms with van der Waals surface area (Å²) >= 11 is 0. The van der Waals surface area contributed by atoms with Crippen LogP contribution < -0.4 is 9.80 Å². The van der Waals surface area contributed by atoms with Crippen LogP contribution in [0.1, 0.15) is 29.8 Å². The number of hydrogen-bond acceptors (Lipinski definition) is 4. The fourth-order valence-electron chi connectivity index (χ4n) is 3.85. The largest absolute Gasteiger partial charge is 0.368 e. The number of piperazine rings is 1. The highest BCUT2D eigenvalue weighted by atomic mass is 16.2. The third kappa shape index (κ3) is 3.66. The lowest BCUT2D eigenvalue weighted by Gasteiger charge is -2.37. The number of likely N-dealkylation sites (tertiary alicyclic amines) is 1. The number of hydrogen-bond donors (Lipinski definition) is 0. The lowest BCUT2D eigenvalue weighted by molar-refractivity contribution is 0.0718. The molecule has 1 aromatic heterocycles. The number of nitrogens with zero attached hydrogens (tertiary/aromatic N) is 4. The predicted molar refractivity (Wildman–Crippen MR) is 105 cm³/mol. The summed E-state index contributed by atoms with van der Waals surface area (Å²) in [7, 11) is 0. The van der Waals surface area contributed by atoms with Crippen molar-refractivity contribution in [2.24, 2.45) is 0 Å². The zero-order valence-corrected chi connectivity index (χ0v) is 15.2. The van der Waals surface area contributed by atoms with Crippen molar-refractivity contribution in [1.82, 2.24) is 9.88 Å². The van der Waals surface area contributed by atoms with Crippen molar-refractivity contribution in [3.63, 3.8) is 0 Å². The molecule has 2 aliphatic heterocycles. The van der Waals surface area contributed by atoms with Gasteiger partial charge < -0.3 is 14.7 Å². The Bertz CT molecular complexity index is 735. The Labute approximate surface area is 155 Å². The lowest BCUT2D eigenvalue weighted by atomic mass is 10.1. The van der Waals surface area contributed by atoms with Crippen molar-refractivity contribution in [2.45, 2.75) is 19.3 Å². The van der Waals surface area contributed by atoms with Gasteiger partial charge in [0, 0.05) is 56.8 Å². The van der Waals surface area contributed by atoms with Gasteiger partial charge in [-0.05, 0) is 43.5 Å². The highest BCUT2D eigenvalue weighted by Gasteiger charge is 2.22. The summed E-state index contributed by atoms with van der Waals surface area (Å²) in [6.45, 7) is 5.61. The minimum atomic E-state index is 0.0782. The third-order valence-electron chi connectivity index (χ3n) is 5.37. The van der Waals surface area contributed by atoms with Crippen LogP contribution >= 0.6 is 0 Å². The van der Waals surface area contributed by atoms with Gasteiger partial charge in [-0.25, -0.2) is 0 Å². The second kappa shape index (κ2) is 7.77. The Kier molecular flexibility index (Phi) is 5.04. The summed E-state index contributed by atoms with van der Waals surface area (Å²) in [6.07, 6.45) is 5.21. The Balaban J connectivity index is 1.42. The van der Waals surface area contributed by atoms with Gasteiger partial charge in [0.15, 0.2) is 0 Å². The third-order valence-corrected chi connectivity index (χ3v) is 5.37. The lowest BCUT2D eigenvalue weighted by Crippen LogP contribution is -2.46. The van der Waals surface area contributed by atoms with Crippen molar-refractivity contribution in [3.8, 4) is 0 Å². The number of piperidine rings is 1. The maximum absolute atomic E-state index is 12.7. The predicted octanol–water partition coefficient (Wildman–Crippen LogP) is 3.03. The highest BCUT2D eigenvalue weighted by Crippen LogP contribution is 2.21. The van der Waals surface area contributed by atoms with Crippen LogP contribution in [0.25, 0.3) is 0 Å². The molecule has 2 aliphatic rings. The van der Waals surface area contributed by atoms with Gasteiger partial charge in [-0.3, -0.25) is 9.78 Å². The van der Waals surface area contributed by atoms with E-state index in [1.807, 2.05) is 17.0 Å². The minimum Gasteiger partial charge on any atom is -0.368 e. The minimum absolute atomic E-state index is 0.0782. The van der Waals surface area contributed by atoms with Crippen LogP contribution in [0.4, 0.5) is 11.4 Å². The van der Waals surface area contributed by atoms with E-state index >= 15 is 0 Å². The Hall–Kier alpha value is -2.56. The first kappa shape index (κ1) is 16.9. The number of aromatic nitrogens is 1. The maximum atomic E-state index is 12.7. The molecule has 0 radical (unpaired) electrons. The number of anilines is 2. The molecule has 1 aromatic carbocycles. The van der Waals surface area contributed by atoms with E-state index in [-0.39, 0.29) is 5.91 Å². The van der Waals surface area contributed by atoms with Crippen molar-refractivity contribution in [2.75, 3.05) is 49.1 Å². The smallest absolute Gasteiger partial charge is 0.272 e. The molecule has 0 saturated carbocycles. The molecule has 2 aromatic rings. The van der Waals surface area contributed by atoms with Crippen molar-refractivity contribution >= 4 is 17.3 Å². The summed E-state index contributed by atoms with van der Waals surface area (Å²) in [5.41, 5.74) is 2.96. The molecule has 4 rings (SSSR count). The molecule has 136 valence electrons. The molecule has 3 heterocycles. The van der Waals surface area contributed by atoms with Crippen LogP contribution in [-0.4, -0.2) is 55.1 Å². The number of amides is 1. The molecule has 0 bridgehead atoms. The second-order valence-electron chi connectivity index (χ2n) is 7.06. The molecule has 0 N–H and O–H groups in total. The molecule has 0 atom stereocenters. The van der Waals surface area contributed by atoms with Crippen molar-refractivity contribution < 1.29 is 4.79 Å². The van der Waals surface area contributed by atoms with Gasteiger partial charge in [-0.2, -0.15) is 0 Å². The molecular formula is C21H26N4O. The summed E-state index contributed by atoms with van der Waals surface area (Å²) in [5.74, 6) is 0.0782. The standard InChI is InChI=1S/C21H26N4O/c26-21(25-11-5-2-6-12-25)20-17-19(9-10-22-20)24-15-13-23(14-16-24)18-7-3-1-4-8-18/h1,3-4,7-10,17H,2,5-6,11-16H2. The van der Waals surface area contributed by atoms with E-state index in [1.165, 1.54) is 12.1 Å². The van der Waals surface area contributed by atoms with E-state index in [4.69, 9.17) is 0 Å². The molecule has 2 saturated heterocycles. The van der Waals surface area contributed by atoms with Crippen molar-refractivity contribution in [3.05, 3.63) is 54.4 Å². The van der Waals surface area contributed by atoms with E-state index in [0.29, 0.717) is 5.69 Å². The summed E-state index contributed by atoms with van der Waals surface area (Å²) in [5, 5.41) is 0. The molecule has 5 nitrogen and oxygen atoms in total. The molecule has 5 heteroatoms. The zero-order chi connectivity index (χ0) is 17.8. The molecule has 0 spiro atoms. The first-order valence-corrected chi connectivity index (χ1v) is 9.61. The number of pyridine rings is 1. The van der Waals surface area contributed by atoms with Gasteiger partial charge in [-0.1, -0.05) is 18.2 Å². The number of carbonyl (C=O) groups excluding carboxylic acids is 1. The first-order valence-electron chi connectivity index (χ1n) is 9.61. The monoisotopic (exact) mass is 350 g/mol. The van der Waals surface area contributed by atoms with Crippen LogP contribution in [-0.2, 0) is 0 Å². The van der Waals surface area contributed by atoms with E-state index in [1.54, 1.807) is 6.20 Å².